The van der Waals surface area contributed by atoms with Gasteiger partial charge in [0.15, 0.2) is 30.5 Å². The molecule has 0 fully saturated rings. The van der Waals surface area contributed by atoms with E-state index in [1.54, 1.807) is 36.4 Å². The number of hydrogen-bond donors (Lipinski definition) is 0. The molecule has 27 heavy (non-hydrogen) atoms. The Morgan fingerprint density at radius 3 is 2.59 bits per heavy atom. The van der Waals surface area contributed by atoms with E-state index in [2.05, 4.69) is 0 Å². The summed E-state index contributed by atoms with van der Waals surface area (Å²) in [6.07, 6.45) is 0.780. The van der Waals surface area contributed by atoms with E-state index in [0.29, 0.717) is 41.0 Å². The molecular formula is C20H19ClO6. The maximum atomic E-state index is 12.3. The van der Waals surface area contributed by atoms with Crippen LogP contribution in [0.15, 0.2) is 36.4 Å². The van der Waals surface area contributed by atoms with Gasteiger partial charge < -0.3 is 18.9 Å². The Labute approximate surface area is 161 Å². The van der Waals surface area contributed by atoms with E-state index in [-0.39, 0.29) is 19.0 Å². The third-order valence-corrected chi connectivity index (χ3v) is 4.15. The van der Waals surface area contributed by atoms with Gasteiger partial charge in [-0.25, -0.2) is 4.79 Å². The Balaban J connectivity index is 1.51. The predicted molar refractivity (Wildman–Crippen MR) is 99.0 cm³/mol. The summed E-state index contributed by atoms with van der Waals surface area (Å²) in [5, 5.41) is 0.586. The second-order valence-corrected chi connectivity index (χ2v) is 6.43. The molecule has 1 aliphatic rings. The normalized spacial score (nSPS) is 12.8. The van der Waals surface area contributed by atoms with E-state index in [9.17, 15) is 9.59 Å². The van der Waals surface area contributed by atoms with Gasteiger partial charge in [0.1, 0.15) is 5.75 Å². The molecule has 0 bridgehead atoms. The minimum atomic E-state index is -0.632. The number of benzene rings is 2. The smallest absolute Gasteiger partial charge is 0.344 e. The van der Waals surface area contributed by atoms with Crippen molar-refractivity contribution in [2.75, 3.05) is 26.4 Å². The summed E-state index contributed by atoms with van der Waals surface area (Å²) in [5.74, 6) is 0.693. The molecule has 0 aliphatic carbocycles. The molecule has 1 aliphatic heterocycles. The topological polar surface area (TPSA) is 71.1 Å². The van der Waals surface area contributed by atoms with Gasteiger partial charge in [-0.1, -0.05) is 11.6 Å². The highest BCUT2D eigenvalue weighted by molar-refractivity contribution is 6.30. The number of Topliss-reactive ketones (excluding diaryl/α,β-unsaturated/α-hetero) is 1. The molecule has 0 N–H and O–H groups in total. The molecule has 0 amide bonds. The SMILES string of the molecule is Cc1cc(Cl)ccc1OCC(=O)OCC(=O)c1ccc2c(c1)OCCCO2. The molecule has 0 saturated heterocycles. The van der Waals surface area contributed by atoms with E-state index in [1.165, 1.54) is 0 Å². The molecule has 142 valence electrons. The van der Waals surface area contributed by atoms with Crippen LogP contribution in [-0.2, 0) is 9.53 Å². The van der Waals surface area contributed by atoms with Gasteiger partial charge in [0, 0.05) is 17.0 Å². The van der Waals surface area contributed by atoms with Crippen LogP contribution in [0, 0.1) is 6.92 Å². The van der Waals surface area contributed by atoms with Gasteiger partial charge in [0.25, 0.3) is 0 Å². The summed E-state index contributed by atoms with van der Waals surface area (Å²) in [6, 6.07) is 9.98. The minimum Gasteiger partial charge on any atom is -0.490 e. The van der Waals surface area contributed by atoms with Crippen molar-refractivity contribution < 1.29 is 28.5 Å². The number of halogens is 1. The van der Waals surface area contributed by atoms with E-state index in [0.717, 1.165) is 12.0 Å². The molecule has 1 heterocycles. The van der Waals surface area contributed by atoms with Gasteiger partial charge in [-0.05, 0) is 48.9 Å². The van der Waals surface area contributed by atoms with Crippen LogP contribution in [0.3, 0.4) is 0 Å². The third kappa shape index (κ3) is 5.14. The zero-order valence-electron chi connectivity index (χ0n) is 14.8. The summed E-state index contributed by atoms with van der Waals surface area (Å²) in [7, 11) is 0. The summed E-state index contributed by atoms with van der Waals surface area (Å²) in [4.78, 5) is 24.1. The summed E-state index contributed by atoms with van der Waals surface area (Å²) >= 11 is 5.87. The molecule has 6 nitrogen and oxygen atoms in total. The Hall–Kier alpha value is -2.73. The molecular weight excluding hydrogens is 372 g/mol. The number of rotatable bonds is 6. The number of hydrogen-bond acceptors (Lipinski definition) is 6. The molecule has 2 aromatic carbocycles. The molecule has 0 atom stereocenters. The number of fused-ring (bicyclic) bond motifs is 1. The van der Waals surface area contributed by atoms with Crippen molar-refractivity contribution >= 4 is 23.4 Å². The van der Waals surface area contributed by atoms with E-state index < -0.39 is 5.97 Å². The first kappa shape index (κ1) is 19.0. The van der Waals surface area contributed by atoms with Crippen molar-refractivity contribution in [3.05, 3.63) is 52.5 Å². The lowest BCUT2D eigenvalue weighted by Gasteiger charge is -2.10. The van der Waals surface area contributed by atoms with Crippen molar-refractivity contribution in [2.45, 2.75) is 13.3 Å². The number of aryl methyl sites for hydroxylation is 1. The summed E-state index contributed by atoms with van der Waals surface area (Å²) in [5.41, 5.74) is 1.19. The third-order valence-electron chi connectivity index (χ3n) is 3.92. The van der Waals surface area contributed by atoms with Gasteiger partial charge in [-0.15, -0.1) is 0 Å². The van der Waals surface area contributed by atoms with Crippen molar-refractivity contribution in [1.82, 2.24) is 0 Å². The second-order valence-electron chi connectivity index (χ2n) is 5.99. The molecule has 0 spiro atoms. The summed E-state index contributed by atoms with van der Waals surface area (Å²) in [6.45, 7) is 2.25. The van der Waals surface area contributed by atoms with Crippen molar-refractivity contribution in [3.63, 3.8) is 0 Å². The average Bonchev–Trinajstić information content (AvgIpc) is 2.90. The maximum absolute atomic E-state index is 12.3. The first-order valence-electron chi connectivity index (χ1n) is 8.50. The molecule has 0 aromatic heterocycles. The summed E-state index contributed by atoms with van der Waals surface area (Å²) < 4.78 is 21.5. The van der Waals surface area contributed by atoms with Crippen LogP contribution in [-0.4, -0.2) is 38.2 Å². The molecule has 3 rings (SSSR count). The van der Waals surface area contributed by atoms with Gasteiger partial charge in [-0.3, -0.25) is 4.79 Å². The highest BCUT2D eigenvalue weighted by Gasteiger charge is 2.16. The van der Waals surface area contributed by atoms with Crippen LogP contribution in [0.1, 0.15) is 22.3 Å². The lowest BCUT2D eigenvalue weighted by Crippen LogP contribution is -2.19. The molecule has 0 unspecified atom stereocenters. The van der Waals surface area contributed by atoms with Gasteiger partial charge in [-0.2, -0.15) is 0 Å². The monoisotopic (exact) mass is 390 g/mol. The second kappa shape index (κ2) is 8.77. The minimum absolute atomic E-state index is 0.295. The molecule has 7 heteroatoms. The Bertz CT molecular complexity index is 848. The highest BCUT2D eigenvalue weighted by atomic mass is 35.5. The maximum Gasteiger partial charge on any atom is 0.344 e. The van der Waals surface area contributed by atoms with Crippen LogP contribution in [0.5, 0.6) is 17.2 Å². The van der Waals surface area contributed by atoms with E-state index in [4.69, 9.17) is 30.5 Å². The van der Waals surface area contributed by atoms with E-state index in [1.807, 2.05) is 6.92 Å². The van der Waals surface area contributed by atoms with Crippen LogP contribution in [0.25, 0.3) is 0 Å². The lowest BCUT2D eigenvalue weighted by atomic mass is 10.1. The standard InChI is InChI=1S/C20H19ClO6/c1-13-9-15(21)4-6-17(13)26-12-20(23)27-11-16(22)14-3-5-18-19(10-14)25-8-2-7-24-18/h3-6,9-10H,2,7-8,11-12H2,1H3. The predicted octanol–water partition coefficient (Wildman–Crippen LogP) is 3.61. The van der Waals surface area contributed by atoms with Crippen LogP contribution < -0.4 is 14.2 Å². The largest absolute Gasteiger partial charge is 0.490 e. The molecule has 0 radical (unpaired) electrons. The van der Waals surface area contributed by atoms with Gasteiger partial charge >= 0.3 is 5.97 Å². The zero-order chi connectivity index (χ0) is 19.2. The number of carbonyl (C=O) groups is 2. The number of ketones is 1. The molecule has 0 saturated carbocycles. The zero-order valence-corrected chi connectivity index (χ0v) is 15.6. The fraction of sp³-hybridized carbons (Fsp3) is 0.300. The Kier molecular flexibility index (Phi) is 6.19. The van der Waals surface area contributed by atoms with E-state index >= 15 is 0 Å². The molecule has 2 aromatic rings. The number of carbonyl (C=O) groups excluding carboxylic acids is 2. The van der Waals surface area contributed by atoms with Crippen molar-refractivity contribution in [1.29, 1.82) is 0 Å². The van der Waals surface area contributed by atoms with Crippen molar-refractivity contribution in [2.24, 2.45) is 0 Å². The van der Waals surface area contributed by atoms with Crippen molar-refractivity contribution in [3.8, 4) is 17.2 Å². The van der Waals surface area contributed by atoms with Crippen LogP contribution >= 0.6 is 11.6 Å². The van der Waals surface area contributed by atoms with Crippen LogP contribution in [0.2, 0.25) is 5.02 Å². The number of ether oxygens (including phenoxy) is 4. The lowest BCUT2D eigenvalue weighted by molar-refractivity contribution is -0.144. The Morgan fingerprint density at radius 1 is 1.04 bits per heavy atom. The quantitative estimate of drug-likeness (QED) is 0.554. The van der Waals surface area contributed by atoms with Crippen LogP contribution in [0.4, 0.5) is 0 Å². The number of esters is 1. The van der Waals surface area contributed by atoms with Gasteiger partial charge in [0.2, 0.25) is 0 Å². The first-order valence-corrected chi connectivity index (χ1v) is 8.88. The Morgan fingerprint density at radius 2 is 1.81 bits per heavy atom. The highest BCUT2D eigenvalue weighted by Crippen LogP contribution is 2.30. The first-order chi connectivity index (χ1) is 13.0. The fourth-order valence-electron chi connectivity index (χ4n) is 2.52. The average molecular weight is 391 g/mol. The fourth-order valence-corrected chi connectivity index (χ4v) is 2.75. The van der Waals surface area contributed by atoms with Gasteiger partial charge in [0.05, 0.1) is 13.2 Å².